The Morgan fingerprint density at radius 1 is 1.15 bits per heavy atom. The van der Waals surface area contributed by atoms with E-state index in [1.54, 1.807) is 59.5 Å². The number of amides is 2. The van der Waals surface area contributed by atoms with E-state index in [-0.39, 0.29) is 18.2 Å². The highest BCUT2D eigenvalue weighted by Crippen LogP contribution is 2.40. The molecule has 33 heavy (non-hydrogen) atoms. The van der Waals surface area contributed by atoms with Gasteiger partial charge in [-0.25, -0.2) is 0 Å². The van der Waals surface area contributed by atoms with Crippen LogP contribution >= 0.6 is 11.6 Å². The molecule has 2 N–H and O–H groups in total. The van der Waals surface area contributed by atoms with E-state index in [9.17, 15) is 14.9 Å². The zero-order valence-corrected chi connectivity index (χ0v) is 18.5. The highest BCUT2D eigenvalue weighted by atomic mass is 35.5. The molecule has 1 aliphatic heterocycles. The van der Waals surface area contributed by atoms with Crippen molar-refractivity contribution in [2.24, 2.45) is 5.73 Å². The lowest BCUT2D eigenvalue weighted by atomic mass is 9.97. The summed E-state index contributed by atoms with van der Waals surface area (Å²) in [4.78, 5) is 26.0. The number of carbonyl (C=O) groups excluding carboxylic acids is 2. The van der Waals surface area contributed by atoms with Gasteiger partial charge in [0.25, 0.3) is 0 Å². The second kappa shape index (κ2) is 9.23. The summed E-state index contributed by atoms with van der Waals surface area (Å²) in [7, 11) is 1.53. The summed E-state index contributed by atoms with van der Waals surface area (Å²) < 4.78 is 11.4. The van der Waals surface area contributed by atoms with Gasteiger partial charge in [-0.15, -0.1) is 0 Å². The quantitative estimate of drug-likeness (QED) is 0.576. The lowest BCUT2D eigenvalue weighted by Crippen LogP contribution is -2.24. The number of carbonyl (C=O) groups is 2. The number of primary amides is 1. The fraction of sp³-hybridized carbons (Fsp3) is 0.160. The van der Waals surface area contributed by atoms with Crippen LogP contribution in [0.15, 0.2) is 60.7 Å². The smallest absolute Gasteiger partial charge is 0.248 e. The molecule has 3 aromatic rings. The summed E-state index contributed by atoms with van der Waals surface area (Å²) in [6, 6.07) is 18.9. The van der Waals surface area contributed by atoms with Crippen LogP contribution in [0.5, 0.6) is 17.2 Å². The maximum absolute atomic E-state index is 12.8. The molecular weight excluding hydrogens is 442 g/mol. The van der Waals surface area contributed by atoms with Crippen molar-refractivity contribution in [3.05, 3.63) is 82.4 Å². The van der Waals surface area contributed by atoms with Gasteiger partial charge in [0.05, 0.1) is 12.7 Å². The fourth-order valence-corrected chi connectivity index (χ4v) is 4.01. The van der Waals surface area contributed by atoms with Crippen molar-refractivity contribution >= 4 is 29.1 Å². The third kappa shape index (κ3) is 4.61. The normalized spacial score (nSPS) is 15.2. The van der Waals surface area contributed by atoms with Crippen LogP contribution in [0.2, 0.25) is 5.02 Å². The maximum atomic E-state index is 12.8. The zero-order chi connectivity index (χ0) is 23.5. The highest BCUT2D eigenvalue weighted by molar-refractivity contribution is 6.30. The summed E-state index contributed by atoms with van der Waals surface area (Å²) >= 11 is 6.23. The van der Waals surface area contributed by atoms with Crippen LogP contribution in [0.3, 0.4) is 0 Å². The second-order valence-electron chi connectivity index (χ2n) is 7.58. The lowest BCUT2D eigenvalue weighted by molar-refractivity contribution is -0.117. The molecule has 1 fully saturated rings. The van der Waals surface area contributed by atoms with Gasteiger partial charge in [-0.3, -0.25) is 9.59 Å². The van der Waals surface area contributed by atoms with Gasteiger partial charge in [-0.2, -0.15) is 5.26 Å². The van der Waals surface area contributed by atoms with Crippen molar-refractivity contribution in [2.75, 3.05) is 18.6 Å². The number of rotatable bonds is 6. The predicted octanol–water partition coefficient (Wildman–Crippen LogP) is 4.63. The third-order valence-electron chi connectivity index (χ3n) is 5.51. The van der Waals surface area contributed by atoms with Crippen molar-refractivity contribution < 1.29 is 19.1 Å². The molecule has 0 saturated carbocycles. The molecule has 8 heteroatoms. The first-order chi connectivity index (χ1) is 15.9. The van der Waals surface area contributed by atoms with E-state index in [1.165, 1.54) is 7.11 Å². The van der Waals surface area contributed by atoms with Gasteiger partial charge >= 0.3 is 0 Å². The van der Waals surface area contributed by atoms with Gasteiger partial charge in [0.1, 0.15) is 23.3 Å². The molecule has 2 amide bonds. The second-order valence-corrected chi connectivity index (χ2v) is 8.01. The number of anilines is 1. The minimum atomic E-state index is -0.556. The van der Waals surface area contributed by atoms with E-state index in [1.807, 2.05) is 6.07 Å². The van der Waals surface area contributed by atoms with Gasteiger partial charge < -0.3 is 20.1 Å². The number of benzene rings is 3. The zero-order valence-electron chi connectivity index (χ0n) is 17.7. The Hall–Kier alpha value is -4.02. The number of hydrogen-bond donors (Lipinski definition) is 1. The predicted molar refractivity (Wildman–Crippen MR) is 124 cm³/mol. The van der Waals surface area contributed by atoms with E-state index >= 15 is 0 Å². The minimum absolute atomic E-state index is 0.0818. The molecular formula is C25H20ClN3O4. The van der Waals surface area contributed by atoms with Crippen molar-refractivity contribution in [1.82, 2.24) is 0 Å². The van der Waals surface area contributed by atoms with E-state index in [4.69, 9.17) is 26.8 Å². The molecule has 7 nitrogen and oxygen atoms in total. The maximum Gasteiger partial charge on any atom is 0.248 e. The number of nitrogens with zero attached hydrogens (tertiary/aromatic N) is 2. The standard InChI is InChI=1S/C25H20ClN3O4/c1-32-20-7-5-16(13-27)22(12-20)33-23-11-18(26)6-8-21(23)17-10-24(30)29(14-17)19-4-2-3-15(9-19)25(28)31/h2-9,11-12,17H,10,14H2,1H3,(H2,28,31)/t17-/m0/s1. The highest BCUT2D eigenvalue weighted by Gasteiger charge is 2.33. The summed E-state index contributed by atoms with van der Waals surface area (Å²) in [6.45, 7) is 0.391. The van der Waals surface area contributed by atoms with E-state index in [0.29, 0.717) is 45.6 Å². The summed E-state index contributed by atoms with van der Waals surface area (Å²) in [6.07, 6.45) is 0.252. The van der Waals surface area contributed by atoms with Crippen LogP contribution in [0, 0.1) is 11.3 Å². The van der Waals surface area contributed by atoms with Crippen LogP contribution in [0.25, 0.3) is 0 Å². The van der Waals surface area contributed by atoms with Crippen molar-refractivity contribution in [3.8, 4) is 23.3 Å². The monoisotopic (exact) mass is 461 g/mol. The van der Waals surface area contributed by atoms with Gasteiger partial charge in [0.15, 0.2) is 0 Å². The molecule has 4 rings (SSSR count). The Morgan fingerprint density at radius 3 is 2.70 bits per heavy atom. The van der Waals surface area contributed by atoms with Crippen LogP contribution in [0.1, 0.15) is 33.8 Å². The molecule has 0 aliphatic carbocycles. The Balaban J connectivity index is 1.66. The largest absolute Gasteiger partial charge is 0.497 e. The van der Waals surface area contributed by atoms with Gasteiger partial charge in [0, 0.05) is 46.8 Å². The Labute approximate surface area is 195 Å². The van der Waals surface area contributed by atoms with Crippen LogP contribution < -0.4 is 20.1 Å². The first-order valence-corrected chi connectivity index (χ1v) is 10.5. The molecule has 166 valence electrons. The Morgan fingerprint density at radius 2 is 1.97 bits per heavy atom. The van der Waals surface area contributed by atoms with Crippen molar-refractivity contribution in [2.45, 2.75) is 12.3 Å². The molecule has 0 spiro atoms. The van der Waals surface area contributed by atoms with E-state index in [2.05, 4.69) is 6.07 Å². The molecule has 1 atom stereocenters. The van der Waals surface area contributed by atoms with Crippen molar-refractivity contribution in [3.63, 3.8) is 0 Å². The first-order valence-electron chi connectivity index (χ1n) is 10.1. The average Bonchev–Trinajstić information content (AvgIpc) is 3.20. The third-order valence-corrected chi connectivity index (χ3v) is 5.75. The average molecular weight is 462 g/mol. The van der Waals surface area contributed by atoms with Crippen LogP contribution in [-0.2, 0) is 4.79 Å². The fourth-order valence-electron chi connectivity index (χ4n) is 3.85. The topological polar surface area (TPSA) is 106 Å². The molecule has 1 aliphatic rings. The number of hydrogen-bond acceptors (Lipinski definition) is 5. The summed E-state index contributed by atoms with van der Waals surface area (Å²) in [5.41, 5.74) is 7.45. The SMILES string of the molecule is COc1ccc(C#N)c(Oc2cc(Cl)ccc2[C@H]2CC(=O)N(c3cccc(C(N)=O)c3)C2)c1. The molecule has 0 aromatic heterocycles. The molecule has 0 unspecified atom stereocenters. The number of ether oxygens (including phenoxy) is 2. The van der Waals surface area contributed by atoms with Crippen LogP contribution in [-0.4, -0.2) is 25.5 Å². The molecule has 0 bridgehead atoms. The lowest BCUT2D eigenvalue weighted by Gasteiger charge is -2.19. The van der Waals surface area contributed by atoms with E-state index < -0.39 is 5.91 Å². The Kier molecular flexibility index (Phi) is 6.20. The number of nitriles is 1. The Bertz CT molecular complexity index is 1280. The number of methoxy groups -OCH3 is 1. The van der Waals surface area contributed by atoms with Gasteiger partial charge in [-0.05, 0) is 42.5 Å². The molecule has 0 radical (unpaired) electrons. The molecule has 3 aromatic carbocycles. The molecule has 1 heterocycles. The number of halogens is 1. The van der Waals surface area contributed by atoms with Gasteiger partial charge in [-0.1, -0.05) is 23.7 Å². The molecule has 1 saturated heterocycles. The number of nitrogens with two attached hydrogens (primary N) is 1. The van der Waals surface area contributed by atoms with Crippen LogP contribution in [0.4, 0.5) is 5.69 Å². The minimum Gasteiger partial charge on any atom is -0.497 e. The summed E-state index contributed by atoms with van der Waals surface area (Å²) in [5.74, 6) is 0.511. The van der Waals surface area contributed by atoms with Crippen molar-refractivity contribution in [1.29, 1.82) is 5.26 Å². The van der Waals surface area contributed by atoms with Gasteiger partial charge in [0.2, 0.25) is 11.8 Å². The van der Waals surface area contributed by atoms with E-state index in [0.717, 1.165) is 5.56 Å². The summed E-state index contributed by atoms with van der Waals surface area (Å²) in [5, 5.41) is 9.93. The first kappa shape index (κ1) is 22.2.